The molecule has 174 valence electrons. The fourth-order valence-electron chi connectivity index (χ4n) is 6.32. The van der Waals surface area contributed by atoms with Crippen LogP contribution >= 0.6 is 0 Å². The average Bonchev–Trinajstić information content (AvgIpc) is 2.70. The van der Waals surface area contributed by atoms with Gasteiger partial charge in [0.2, 0.25) is 5.91 Å². The van der Waals surface area contributed by atoms with E-state index in [2.05, 4.69) is 15.8 Å². The lowest BCUT2D eigenvalue weighted by Crippen LogP contribution is -2.58. The van der Waals surface area contributed by atoms with E-state index < -0.39 is 23.7 Å². The molecule has 0 aromatic heterocycles. The van der Waals surface area contributed by atoms with Crippen molar-refractivity contribution in [1.82, 2.24) is 10.7 Å². The van der Waals surface area contributed by atoms with Crippen molar-refractivity contribution in [2.24, 2.45) is 34.2 Å². The van der Waals surface area contributed by atoms with Gasteiger partial charge in [0, 0.05) is 11.0 Å². The van der Waals surface area contributed by atoms with Gasteiger partial charge in [-0.2, -0.15) is 18.3 Å². The molecule has 0 unspecified atom stereocenters. The number of hydrazone groups is 1. The summed E-state index contributed by atoms with van der Waals surface area (Å²) in [4.78, 5) is 26.1. The molecule has 2 amide bonds. The first kappa shape index (κ1) is 22.8. The third kappa shape index (κ3) is 4.55. The van der Waals surface area contributed by atoms with Gasteiger partial charge in [-0.25, -0.2) is 5.43 Å². The smallest absolute Gasteiger partial charge is 0.344 e. The lowest BCUT2D eigenvalue weighted by Gasteiger charge is -2.55. The Morgan fingerprint density at radius 3 is 2.16 bits per heavy atom. The number of alkyl halides is 3. The zero-order valence-corrected chi connectivity index (χ0v) is 18.4. The van der Waals surface area contributed by atoms with Crippen LogP contribution in [0.15, 0.2) is 29.4 Å². The van der Waals surface area contributed by atoms with Gasteiger partial charge in [-0.15, -0.1) is 0 Å². The molecule has 4 saturated carbocycles. The fourth-order valence-corrected chi connectivity index (χ4v) is 6.32. The first-order valence-corrected chi connectivity index (χ1v) is 11.4. The molecular formula is C24H30F3N3O2. The molecule has 4 aliphatic carbocycles. The van der Waals surface area contributed by atoms with Gasteiger partial charge in [0.1, 0.15) is 6.04 Å². The second kappa shape index (κ2) is 8.52. The Kier molecular flexibility index (Phi) is 6.07. The Morgan fingerprint density at radius 2 is 1.62 bits per heavy atom. The number of hydrogen-bond acceptors (Lipinski definition) is 3. The summed E-state index contributed by atoms with van der Waals surface area (Å²) in [5.74, 6) is 1.05. The summed E-state index contributed by atoms with van der Waals surface area (Å²) in [5, 5.41) is 6.70. The number of amides is 2. The van der Waals surface area contributed by atoms with Crippen molar-refractivity contribution < 1.29 is 22.8 Å². The van der Waals surface area contributed by atoms with E-state index in [-0.39, 0.29) is 22.8 Å². The van der Waals surface area contributed by atoms with Crippen molar-refractivity contribution in [3.8, 4) is 0 Å². The summed E-state index contributed by atoms with van der Waals surface area (Å²) >= 11 is 0. The summed E-state index contributed by atoms with van der Waals surface area (Å²) in [6, 6.07) is 4.22. The van der Waals surface area contributed by atoms with Gasteiger partial charge in [-0.3, -0.25) is 9.59 Å². The van der Waals surface area contributed by atoms with Crippen molar-refractivity contribution in [2.45, 2.75) is 64.6 Å². The number of hydrogen-bond donors (Lipinski definition) is 2. The number of rotatable bonds is 6. The zero-order valence-electron chi connectivity index (χ0n) is 18.4. The quantitative estimate of drug-likeness (QED) is 0.496. The lowest BCUT2D eigenvalue weighted by molar-refractivity contribution is -0.149. The van der Waals surface area contributed by atoms with E-state index in [9.17, 15) is 22.8 Å². The van der Waals surface area contributed by atoms with Crippen molar-refractivity contribution in [1.29, 1.82) is 0 Å². The molecule has 5 rings (SSSR count). The van der Waals surface area contributed by atoms with E-state index >= 15 is 0 Å². The van der Waals surface area contributed by atoms with Gasteiger partial charge in [-0.1, -0.05) is 32.0 Å². The first-order chi connectivity index (χ1) is 15.1. The molecule has 1 aromatic rings. The summed E-state index contributed by atoms with van der Waals surface area (Å²) in [7, 11) is 0. The van der Waals surface area contributed by atoms with Crippen LogP contribution in [0.1, 0.15) is 63.5 Å². The Balaban J connectivity index is 1.42. The number of carbonyl (C=O) groups excluding carboxylic acids is 2. The minimum atomic E-state index is -4.51. The molecule has 5 nitrogen and oxygen atoms in total. The van der Waals surface area contributed by atoms with Crippen LogP contribution in [-0.2, 0) is 15.8 Å². The van der Waals surface area contributed by atoms with Crippen LogP contribution in [0.4, 0.5) is 13.2 Å². The third-order valence-corrected chi connectivity index (χ3v) is 7.40. The third-order valence-electron chi connectivity index (χ3n) is 7.40. The Labute approximate surface area is 186 Å². The number of nitrogens with zero attached hydrogens (tertiary/aromatic N) is 1. The molecule has 4 fully saturated rings. The zero-order chi connectivity index (χ0) is 23.1. The number of carbonyl (C=O) groups is 2. The highest BCUT2D eigenvalue weighted by molar-refractivity contribution is 5.91. The number of benzene rings is 1. The van der Waals surface area contributed by atoms with Crippen LogP contribution in [-0.4, -0.2) is 24.1 Å². The van der Waals surface area contributed by atoms with Crippen LogP contribution in [0.25, 0.3) is 0 Å². The predicted molar refractivity (Wildman–Crippen MR) is 115 cm³/mol. The van der Waals surface area contributed by atoms with E-state index in [4.69, 9.17) is 0 Å². The van der Waals surface area contributed by atoms with E-state index in [1.807, 2.05) is 13.8 Å². The molecule has 4 aliphatic rings. The number of nitrogens with one attached hydrogen (secondary N) is 2. The fraction of sp³-hybridized carbons (Fsp3) is 0.625. The van der Waals surface area contributed by atoms with E-state index in [0.717, 1.165) is 31.5 Å². The Hall–Kier alpha value is -2.38. The summed E-state index contributed by atoms with van der Waals surface area (Å²) in [6.45, 7) is 3.65. The Morgan fingerprint density at radius 1 is 1.06 bits per heavy atom. The molecule has 32 heavy (non-hydrogen) atoms. The summed E-state index contributed by atoms with van der Waals surface area (Å²) in [5.41, 5.74) is 0.976. The van der Waals surface area contributed by atoms with Crippen LogP contribution in [0, 0.1) is 29.1 Å². The first-order valence-electron chi connectivity index (χ1n) is 11.4. The largest absolute Gasteiger partial charge is 0.417 e. The Bertz CT molecular complexity index is 875. The van der Waals surface area contributed by atoms with Crippen LogP contribution < -0.4 is 10.7 Å². The molecule has 0 heterocycles. The van der Waals surface area contributed by atoms with Gasteiger partial charge in [-0.05, 0) is 68.3 Å². The molecule has 0 spiro atoms. The highest BCUT2D eigenvalue weighted by Crippen LogP contribution is 2.60. The van der Waals surface area contributed by atoms with Gasteiger partial charge in [0.25, 0.3) is 5.91 Å². The molecule has 2 N–H and O–H groups in total. The van der Waals surface area contributed by atoms with Gasteiger partial charge in [0.15, 0.2) is 0 Å². The normalized spacial score (nSPS) is 30.0. The molecular weight excluding hydrogens is 419 g/mol. The average molecular weight is 450 g/mol. The van der Waals surface area contributed by atoms with Crippen molar-refractivity contribution in [3.63, 3.8) is 0 Å². The van der Waals surface area contributed by atoms with E-state index in [1.165, 1.54) is 37.5 Å². The molecule has 8 heteroatoms. The van der Waals surface area contributed by atoms with Crippen LogP contribution in [0.3, 0.4) is 0 Å². The molecule has 0 aliphatic heterocycles. The van der Waals surface area contributed by atoms with Crippen LogP contribution in [0.5, 0.6) is 0 Å². The maximum atomic E-state index is 13.3. The maximum absolute atomic E-state index is 13.3. The van der Waals surface area contributed by atoms with E-state index in [1.54, 1.807) is 0 Å². The standard InChI is InChI=1S/C24H30F3N3O2/c1-14(2)20(21(31)30-28-13-18-5-3-4-6-19(18)24(25,26)27)29-22(32)23-10-15-7-16(11-23)9-17(8-15)12-23/h3-6,13-17,20H,7-12H2,1-2H3,(H,29,32)(H,30,31)/b28-13-/t15?,16?,17?,20-,23?/m0/s1. The van der Waals surface area contributed by atoms with Gasteiger partial charge < -0.3 is 5.32 Å². The minimum Gasteiger partial charge on any atom is -0.344 e. The van der Waals surface area contributed by atoms with Crippen LogP contribution in [0.2, 0.25) is 0 Å². The molecule has 0 radical (unpaired) electrons. The molecule has 4 bridgehead atoms. The van der Waals surface area contributed by atoms with Gasteiger partial charge in [0.05, 0.1) is 11.8 Å². The molecule has 0 saturated heterocycles. The minimum absolute atomic E-state index is 0.0585. The molecule has 1 aromatic carbocycles. The van der Waals surface area contributed by atoms with Crippen molar-refractivity contribution in [3.05, 3.63) is 35.4 Å². The lowest BCUT2D eigenvalue weighted by atomic mass is 9.49. The van der Waals surface area contributed by atoms with Gasteiger partial charge >= 0.3 is 6.18 Å². The summed E-state index contributed by atoms with van der Waals surface area (Å²) in [6.07, 6.45) is 2.80. The highest BCUT2D eigenvalue weighted by Gasteiger charge is 2.55. The van der Waals surface area contributed by atoms with Crippen molar-refractivity contribution >= 4 is 18.0 Å². The highest BCUT2D eigenvalue weighted by atomic mass is 19.4. The predicted octanol–water partition coefficient (Wildman–Crippen LogP) is 4.51. The summed E-state index contributed by atoms with van der Waals surface area (Å²) < 4.78 is 39.4. The van der Waals surface area contributed by atoms with E-state index in [0.29, 0.717) is 17.8 Å². The number of halogens is 3. The second-order valence-corrected chi connectivity index (χ2v) is 10.2. The topological polar surface area (TPSA) is 70.6 Å². The molecule has 1 atom stereocenters. The maximum Gasteiger partial charge on any atom is 0.417 e. The second-order valence-electron chi connectivity index (χ2n) is 10.2. The monoisotopic (exact) mass is 449 g/mol. The SMILES string of the molecule is CC(C)[C@H](NC(=O)C12CC3CC(CC(C3)C1)C2)C(=O)N/N=C\c1ccccc1C(F)(F)F. The van der Waals surface area contributed by atoms with Crippen molar-refractivity contribution in [2.75, 3.05) is 0 Å².